The van der Waals surface area contributed by atoms with Gasteiger partial charge in [-0.05, 0) is 11.5 Å². The highest BCUT2D eigenvalue weighted by Crippen LogP contribution is 2.31. The summed E-state index contributed by atoms with van der Waals surface area (Å²) in [7, 11) is 0. The molecule has 0 aliphatic heterocycles. The van der Waals surface area contributed by atoms with Crippen LogP contribution in [0.15, 0.2) is 73.4 Å². The second-order valence-electron chi connectivity index (χ2n) is 13.8. The van der Waals surface area contributed by atoms with Crippen molar-refractivity contribution in [2.45, 2.75) is 6.54 Å². The normalized spacial score (nSPS) is 11.4. The van der Waals surface area contributed by atoms with Crippen LogP contribution in [0.1, 0.15) is 11.3 Å². The second kappa shape index (κ2) is 17.9. The molecular weight excluding hydrogens is 935 g/mol. The minimum Gasteiger partial charge on any atom is -0.207 e. The van der Waals surface area contributed by atoms with Crippen LogP contribution in [0.3, 0.4) is 0 Å². The molecule has 0 N–H and O–H groups in total. The molecule has 0 fully saturated rings. The monoisotopic (exact) mass is 950 g/mol. The molecule has 7 aromatic rings. The van der Waals surface area contributed by atoms with Crippen molar-refractivity contribution >= 4 is 44.3 Å². The highest BCUT2D eigenvalue weighted by atomic mass is 19.2. The average Bonchev–Trinajstić information content (AvgIpc) is 3.31. The van der Waals surface area contributed by atoms with Gasteiger partial charge in [0.1, 0.15) is 64.3 Å². The van der Waals surface area contributed by atoms with Crippen molar-refractivity contribution in [1.82, 2.24) is 0 Å². The molecule has 1 aromatic heterocycles. The summed E-state index contributed by atoms with van der Waals surface area (Å²) in [6, 6.07) is 22.6. The van der Waals surface area contributed by atoms with Crippen LogP contribution >= 0.6 is 0 Å². The van der Waals surface area contributed by atoms with E-state index in [9.17, 15) is 57.9 Å². The summed E-state index contributed by atoms with van der Waals surface area (Å²) in [5, 5.41) is 11.5. The zero-order chi connectivity index (χ0) is 49.0. The van der Waals surface area contributed by atoms with E-state index in [2.05, 4.69) is 41.5 Å². The molecule has 66 heavy (non-hydrogen) atoms. The molecule has 23 heteroatoms. The molecule has 0 spiro atoms. The molecule has 0 radical (unpaired) electrons. The molecular formula is C43H15BF20N2. The first-order chi connectivity index (χ1) is 31.0. The molecule has 1 heterocycles. The molecule has 0 atom stereocenters. The Morgan fingerprint density at radius 3 is 1.02 bits per heavy atom. The van der Waals surface area contributed by atoms with E-state index >= 15 is 35.1 Å². The first-order valence-electron chi connectivity index (χ1n) is 17.8. The molecule has 7 rings (SSSR count). The van der Waals surface area contributed by atoms with Gasteiger partial charge in [0.25, 0.3) is 0 Å². The summed E-state index contributed by atoms with van der Waals surface area (Å²) in [5.41, 5.74) is -11.8. The predicted molar refractivity (Wildman–Crippen MR) is 194 cm³/mol. The Morgan fingerprint density at radius 2 is 0.697 bits per heavy atom. The van der Waals surface area contributed by atoms with Crippen molar-refractivity contribution in [3.63, 3.8) is 0 Å². The Balaban J connectivity index is 0.000000284. The Labute approximate surface area is 355 Å². The lowest BCUT2D eigenvalue weighted by molar-refractivity contribution is -0.689. The summed E-state index contributed by atoms with van der Waals surface area (Å²) < 4.78 is 296. The lowest BCUT2D eigenvalue weighted by Gasteiger charge is -2.44. The van der Waals surface area contributed by atoms with E-state index in [-0.39, 0.29) is 0 Å². The lowest BCUT2D eigenvalue weighted by Crippen LogP contribution is -2.81. The lowest BCUT2D eigenvalue weighted by atomic mass is 9.12. The highest BCUT2D eigenvalue weighted by molar-refractivity contribution is 7.20. The number of rotatable bonds is 7. The van der Waals surface area contributed by atoms with E-state index in [1.54, 1.807) is 0 Å². The Bertz CT molecular complexity index is 2830. The van der Waals surface area contributed by atoms with Gasteiger partial charge < -0.3 is 0 Å². The van der Waals surface area contributed by atoms with Crippen molar-refractivity contribution in [1.29, 1.82) is 5.26 Å². The van der Waals surface area contributed by atoms with Crippen LogP contribution in [0.5, 0.6) is 0 Å². The SMILES string of the molecule is C=C(C#N)c1c2ccccc2cc[n+]1Cc1ccccc1.Fc1c(F)c(F)c([B-](c2c(F)c(F)c(F)c(F)c2F)(c2c(F)c(F)c(F)c(F)c2F)c2c(F)c(F)c(F)c(F)c2F)c(F)c1F. The summed E-state index contributed by atoms with van der Waals surface area (Å²) in [6.45, 7) is 4.64. The Kier molecular flexibility index (Phi) is 13.0. The van der Waals surface area contributed by atoms with Gasteiger partial charge in [-0.15, -0.1) is 21.9 Å². The number of nitrogens with zero attached hydrogens (tertiary/aromatic N) is 2. The maximum atomic E-state index is 15.4. The first-order valence-corrected chi connectivity index (χ1v) is 17.8. The second-order valence-corrected chi connectivity index (χ2v) is 13.8. The van der Waals surface area contributed by atoms with E-state index in [0.29, 0.717) is 5.57 Å². The summed E-state index contributed by atoms with van der Waals surface area (Å²) in [6.07, 6.45) is -5.20. The molecule has 2 nitrogen and oxygen atoms in total. The van der Waals surface area contributed by atoms with Crippen molar-refractivity contribution in [2.24, 2.45) is 0 Å². The highest BCUT2D eigenvalue weighted by Gasteiger charge is 2.52. The van der Waals surface area contributed by atoms with Crippen molar-refractivity contribution in [2.75, 3.05) is 0 Å². The number of allylic oxidation sites excluding steroid dienone is 1. The van der Waals surface area contributed by atoms with E-state index < -0.39 is 144 Å². The molecule has 0 saturated heterocycles. The minimum absolute atomic E-state index is 0.489. The van der Waals surface area contributed by atoms with Gasteiger partial charge in [-0.3, -0.25) is 0 Å². The van der Waals surface area contributed by atoms with Crippen LogP contribution in [0.4, 0.5) is 87.8 Å². The molecule has 0 aliphatic carbocycles. The number of benzene rings is 6. The van der Waals surface area contributed by atoms with Crippen LogP contribution in [0.2, 0.25) is 0 Å². The van der Waals surface area contributed by atoms with Crippen LogP contribution in [0, 0.1) is 128 Å². The van der Waals surface area contributed by atoms with Gasteiger partial charge in [0, 0.05) is 11.6 Å². The first kappa shape index (κ1) is 48.1. The molecule has 6 aromatic carbocycles. The van der Waals surface area contributed by atoms with Crippen LogP contribution < -0.4 is 26.4 Å². The van der Waals surface area contributed by atoms with Gasteiger partial charge in [0.2, 0.25) is 5.69 Å². The molecule has 0 saturated carbocycles. The fourth-order valence-electron chi connectivity index (χ4n) is 7.43. The standard InChI is InChI=1S/C24BF20.C19H15N2/c26-5-1(6(27)14(35)21(42)13(5)34)25(2-7(28)15(36)22(43)16(37)8(2)29,3-9(30)17(38)23(44)18(39)10(3)31)4-11(32)19(40)24(45)20(41)12(4)33;1-15(13-20)19-18-10-6-5-9-17(18)11-12-21(19)14-16-7-3-2-4-8-16/h;2-12H,1,14H2/q-1;+1. The quantitative estimate of drug-likeness (QED) is 0.0391. The van der Waals surface area contributed by atoms with Gasteiger partial charge in [-0.1, -0.05) is 55.1 Å². The van der Waals surface area contributed by atoms with E-state index in [0.717, 1.165) is 23.0 Å². The molecule has 340 valence electrons. The van der Waals surface area contributed by atoms with Crippen molar-refractivity contribution in [3.8, 4) is 6.07 Å². The Morgan fingerprint density at radius 1 is 0.409 bits per heavy atom. The fraction of sp³-hybridized carbons (Fsp3) is 0.0233. The van der Waals surface area contributed by atoms with Gasteiger partial charge in [-0.25, -0.2) is 87.8 Å². The van der Waals surface area contributed by atoms with Crippen LogP contribution in [-0.2, 0) is 6.54 Å². The topological polar surface area (TPSA) is 27.7 Å². The summed E-state index contributed by atoms with van der Waals surface area (Å²) >= 11 is 0. The third-order valence-electron chi connectivity index (χ3n) is 10.3. The molecule has 0 amide bonds. The number of halogens is 20. The third kappa shape index (κ3) is 7.33. The van der Waals surface area contributed by atoms with Crippen molar-refractivity contribution in [3.05, 3.63) is 201 Å². The molecule has 0 bridgehead atoms. The average molecular weight is 950 g/mol. The largest absolute Gasteiger partial charge is 0.230 e. The summed E-state index contributed by atoms with van der Waals surface area (Å²) in [4.78, 5) is 0. The molecule has 0 unspecified atom stereocenters. The fourth-order valence-corrected chi connectivity index (χ4v) is 7.43. The van der Waals surface area contributed by atoms with Gasteiger partial charge in [0.05, 0.1) is 5.39 Å². The number of nitriles is 1. The maximum Gasteiger partial charge on any atom is 0.230 e. The zero-order valence-corrected chi connectivity index (χ0v) is 31.8. The van der Waals surface area contributed by atoms with Gasteiger partial charge in [0.15, 0.2) is 82.5 Å². The number of pyridine rings is 1. The maximum absolute atomic E-state index is 15.4. The van der Waals surface area contributed by atoms with E-state index in [1.807, 2.05) is 42.6 Å². The smallest absolute Gasteiger partial charge is 0.207 e. The van der Waals surface area contributed by atoms with E-state index in [1.165, 1.54) is 5.56 Å². The number of fused-ring (bicyclic) bond motifs is 1. The van der Waals surface area contributed by atoms with Crippen LogP contribution in [0.25, 0.3) is 16.3 Å². The summed E-state index contributed by atoms with van der Waals surface area (Å²) in [5.74, 6) is -71.4. The van der Waals surface area contributed by atoms with Crippen LogP contribution in [-0.4, -0.2) is 6.15 Å². The van der Waals surface area contributed by atoms with Gasteiger partial charge in [-0.2, -0.15) is 9.83 Å². The zero-order valence-electron chi connectivity index (χ0n) is 31.8. The third-order valence-corrected chi connectivity index (χ3v) is 10.3. The minimum atomic E-state index is -7.22. The number of aromatic nitrogens is 1. The van der Waals surface area contributed by atoms with Gasteiger partial charge >= 0.3 is 0 Å². The van der Waals surface area contributed by atoms with Crippen molar-refractivity contribution < 1.29 is 92.4 Å². The van der Waals surface area contributed by atoms with E-state index in [4.69, 9.17) is 0 Å². The predicted octanol–water partition coefficient (Wildman–Crippen LogP) is 9.56. The molecule has 0 aliphatic rings. The number of hydrogen-bond donors (Lipinski definition) is 0. The number of hydrogen-bond acceptors (Lipinski definition) is 1. The Hall–Kier alpha value is -7.38.